The highest BCUT2D eigenvalue weighted by atomic mass is 32.2. The Morgan fingerprint density at radius 3 is 2.50 bits per heavy atom. The molecule has 16 heavy (non-hydrogen) atoms. The minimum absolute atomic E-state index is 0.115. The van der Waals surface area contributed by atoms with Crippen molar-refractivity contribution < 1.29 is 8.42 Å². The number of rotatable bonds is 4. The Morgan fingerprint density at radius 2 is 1.94 bits per heavy atom. The summed E-state index contributed by atoms with van der Waals surface area (Å²) in [5, 5.41) is 0. The van der Waals surface area contributed by atoms with Gasteiger partial charge in [0.15, 0.2) is 9.84 Å². The fourth-order valence-corrected chi connectivity index (χ4v) is 3.06. The minimum atomic E-state index is -3.23. The molecule has 4 nitrogen and oxygen atoms in total. The SMILES string of the molecule is Cc1ccc(N)cc1S(=O)(=O)CCN(C)C. The lowest BCUT2D eigenvalue weighted by Crippen LogP contribution is -2.22. The molecule has 0 bridgehead atoms. The molecule has 0 aromatic heterocycles. The molecule has 0 saturated carbocycles. The smallest absolute Gasteiger partial charge is 0.179 e. The maximum atomic E-state index is 12.0. The van der Waals surface area contributed by atoms with Crippen molar-refractivity contribution in [3.8, 4) is 0 Å². The van der Waals surface area contributed by atoms with Crippen LogP contribution in [0.3, 0.4) is 0 Å². The predicted molar refractivity (Wildman–Crippen MR) is 66.2 cm³/mol. The van der Waals surface area contributed by atoms with Gasteiger partial charge in [0.2, 0.25) is 0 Å². The molecule has 1 aromatic rings. The number of sulfone groups is 1. The highest BCUT2D eigenvalue weighted by Crippen LogP contribution is 2.19. The van der Waals surface area contributed by atoms with Crippen molar-refractivity contribution in [1.82, 2.24) is 4.90 Å². The van der Waals surface area contributed by atoms with Crippen molar-refractivity contribution >= 4 is 15.5 Å². The Bertz CT molecular complexity index is 467. The Labute approximate surface area is 97.0 Å². The molecule has 0 fully saturated rings. The van der Waals surface area contributed by atoms with E-state index in [2.05, 4.69) is 0 Å². The number of nitrogens with two attached hydrogens (primary N) is 1. The van der Waals surface area contributed by atoms with Gasteiger partial charge < -0.3 is 10.6 Å². The molecule has 0 aliphatic rings. The van der Waals surface area contributed by atoms with E-state index < -0.39 is 9.84 Å². The standard InChI is InChI=1S/C11H18N2O2S/c1-9-4-5-10(12)8-11(9)16(14,15)7-6-13(2)3/h4-5,8H,6-7,12H2,1-3H3. The van der Waals surface area contributed by atoms with E-state index in [-0.39, 0.29) is 5.75 Å². The van der Waals surface area contributed by atoms with Crippen LogP contribution in [-0.2, 0) is 9.84 Å². The normalized spacial score (nSPS) is 12.0. The molecule has 0 atom stereocenters. The second kappa shape index (κ2) is 4.84. The molecule has 90 valence electrons. The molecular formula is C11H18N2O2S. The van der Waals surface area contributed by atoms with Crippen LogP contribution in [0, 0.1) is 6.92 Å². The fourth-order valence-electron chi connectivity index (χ4n) is 1.36. The van der Waals surface area contributed by atoms with E-state index >= 15 is 0 Å². The monoisotopic (exact) mass is 242 g/mol. The Kier molecular flexibility index (Phi) is 3.93. The molecule has 1 rings (SSSR count). The van der Waals surface area contributed by atoms with Gasteiger partial charge in [-0.3, -0.25) is 0 Å². The van der Waals surface area contributed by atoms with Crippen LogP contribution in [0.5, 0.6) is 0 Å². The number of aryl methyl sites for hydroxylation is 1. The molecule has 0 saturated heterocycles. The van der Waals surface area contributed by atoms with E-state index in [4.69, 9.17) is 5.73 Å². The molecule has 0 unspecified atom stereocenters. The van der Waals surface area contributed by atoms with Crippen molar-refractivity contribution in [2.45, 2.75) is 11.8 Å². The summed E-state index contributed by atoms with van der Waals surface area (Å²) in [6.45, 7) is 2.29. The predicted octanol–water partition coefficient (Wildman–Crippen LogP) is 0.913. The van der Waals surface area contributed by atoms with Gasteiger partial charge in [-0.15, -0.1) is 0 Å². The maximum absolute atomic E-state index is 12.0. The molecule has 2 N–H and O–H groups in total. The molecule has 5 heteroatoms. The summed E-state index contributed by atoms with van der Waals surface area (Å²) < 4.78 is 24.1. The molecule has 0 radical (unpaired) electrons. The largest absolute Gasteiger partial charge is 0.399 e. The first-order valence-electron chi connectivity index (χ1n) is 5.06. The highest BCUT2D eigenvalue weighted by molar-refractivity contribution is 7.91. The highest BCUT2D eigenvalue weighted by Gasteiger charge is 2.17. The average molecular weight is 242 g/mol. The summed E-state index contributed by atoms with van der Waals surface area (Å²) in [5.41, 5.74) is 6.83. The third-order valence-electron chi connectivity index (χ3n) is 2.35. The molecule has 0 amide bonds. The van der Waals surface area contributed by atoms with Crippen LogP contribution in [0.4, 0.5) is 5.69 Å². The van der Waals surface area contributed by atoms with E-state index in [0.29, 0.717) is 17.1 Å². The van der Waals surface area contributed by atoms with Gasteiger partial charge in [-0.2, -0.15) is 0 Å². The minimum Gasteiger partial charge on any atom is -0.399 e. The van der Waals surface area contributed by atoms with Crippen molar-refractivity contribution in [3.05, 3.63) is 23.8 Å². The van der Waals surface area contributed by atoms with Crippen LogP contribution < -0.4 is 5.73 Å². The summed E-state index contributed by atoms with van der Waals surface area (Å²) in [4.78, 5) is 2.19. The summed E-state index contributed by atoms with van der Waals surface area (Å²) in [6.07, 6.45) is 0. The first-order valence-corrected chi connectivity index (χ1v) is 6.72. The second-order valence-corrected chi connectivity index (χ2v) is 6.22. The van der Waals surface area contributed by atoms with Crippen LogP contribution in [-0.4, -0.2) is 39.7 Å². The van der Waals surface area contributed by atoms with Gasteiger partial charge in [-0.25, -0.2) is 8.42 Å². The third kappa shape index (κ3) is 3.21. The lowest BCUT2D eigenvalue weighted by Gasteiger charge is -2.12. The molecule has 0 heterocycles. The van der Waals surface area contributed by atoms with Gasteiger partial charge in [0.05, 0.1) is 10.6 Å². The molecule has 1 aromatic carbocycles. The lowest BCUT2D eigenvalue weighted by molar-refractivity contribution is 0.432. The zero-order chi connectivity index (χ0) is 12.3. The van der Waals surface area contributed by atoms with Gasteiger partial charge in [-0.05, 0) is 38.7 Å². The Hall–Kier alpha value is -1.07. The summed E-state index contributed by atoms with van der Waals surface area (Å²) in [5.74, 6) is 0.115. The number of nitrogen functional groups attached to an aromatic ring is 1. The zero-order valence-electron chi connectivity index (χ0n) is 9.90. The van der Waals surface area contributed by atoms with Crippen molar-refractivity contribution in [1.29, 1.82) is 0 Å². The number of nitrogens with zero attached hydrogens (tertiary/aromatic N) is 1. The van der Waals surface area contributed by atoms with E-state index in [1.165, 1.54) is 6.07 Å². The van der Waals surface area contributed by atoms with Crippen LogP contribution >= 0.6 is 0 Å². The zero-order valence-corrected chi connectivity index (χ0v) is 10.7. The topological polar surface area (TPSA) is 63.4 Å². The van der Waals surface area contributed by atoms with Gasteiger partial charge in [0.1, 0.15) is 0 Å². The first-order chi connectivity index (χ1) is 7.33. The maximum Gasteiger partial charge on any atom is 0.179 e. The van der Waals surface area contributed by atoms with E-state index in [0.717, 1.165) is 5.56 Å². The fraction of sp³-hybridized carbons (Fsp3) is 0.455. The van der Waals surface area contributed by atoms with Crippen molar-refractivity contribution in [2.24, 2.45) is 0 Å². The van der Waals surface area contributed by atoms with E-state index in [1.54, 1.807) is 19.1 Å². The third-order valence-corrected chi connectivity index (χ3v) is 4.18. The number of hydrogen-bond donors (Lipinski definition) is 1. The van der Waals surface area contributed by atoms with Gasteiger partial charge in [0, 0.05) is 12.2 Å². The van der Waals surface area contributed by atoms with Crippen LogP contribution in [0.1, 0.15) is 5.56 Å². The lowest BCUT2D eigenvalue weighted by atomic mass is 10.2. The summed E-state index contributed by atoms with van der Waals surface area (Å²) in [6, 6.07) is 4.97. The molecule has 0 aliphatic carbocycles. The molecule has 0 spiro atoms. The van der Waals surface area contributed by atoms with Gasteiger partial charge in [0.25, 0.3) is 0 Å². The van der Waals surface area contributed by atoms with Crippen LogP contribution in [0.25, 0.3) is 0 Å². The van der Waals surface area contributed by atoms with Gasteiger partial charge in [-0.1, -0.05) is 6.07 Å². The molecular weight excluding hydrogens is 224 g/mol. The Balaban J connectivity index is 3.02. The number of benzene rings is 1. The molecule has 0 aliphatic heterocycles. The quantitative estimate of drug-likeness (QED) is 0.797. The Morgan fingerprint density at radius 1 is 1.31 bits per heavy atom. The van der Waals surface area contributed by atoms with E-state index in [9.17, 15) is 8.42 Å². The average Bonchev–Trinajstić information content (AvgIpc) is 2.19. The van der Waals surface area contributed by atoms with Crippen molar-refractivity contribution in [3.63, 3.8) is 0 Å². The van der Waals surface area contributed by atoms with Crippen LogP contribution in [0.15, 0.2) is 23.1 Å². The van der Waals surface area contributed by atoms with Crippen molar-refractivity contribution in [2.75, 3.05) is 32.1 Å². The number of anilines is 1. The number of hydrogen-bond acceptors (Lipinski definition) is 4. The van der Waals surface area contributed by atoms with E-state index in [1.807, 2.05) is 19.0 Å². The van der Waals surface area contributed by atoms with Crippen LogP contribution in [0.2, 0.25) is 0 Å². The van der Waals surface area contributed by atoms with Gasteiger partial charge >= 0.3 is 0 Å². The second-order valence-electron chi connectivity index (χ2n) is 4.15. The summed E-state index contributed by atoms with van der Waals surface area (Å²) in [7, 11) is 0.468. The first kappa shape index (κ1) is 13.0. The summed E-state index contributed by atoms with van der Waals surface area (Å²) >= 11 is 0.